The fourth-order valence-corrected chi connectivity index (χ4v) is 4.01. The fourth-order valence-electron chi connectivity index (χ4n) is 4.01. The van der Waals surface area contributed by atoms with Crippen molar-refractivity contribution in [2.45, 2.75) is 31.7 Å². The highest BCUT2D eigenvalue weighted by Gasteiger charge is 2.26. The molecule has 1 atom stereocenters. The van der Waals surface area contributed by atoms with Crippen molar-refractivity contribution >= 4 is 16.9 Å². The number of H-pyrrole nitrogens is 1. The summed E-state index contributed by atoms with van der Waals surface area (Å²) < 4.78 is 11.5. The second-order valence-electron chi connectivity index (χ2n) is 8.07. The summed E-state index contributed by atoms with van der Waals surface area (Å²) in [5.41, 5.74) is 4.92. The number of nitrogens with zero attached hydrogens (tertiary/aromatic N) is 5. The molecule has 8 nitrogen and oxygen atoms in total. The third kappa shape index (κ3) is 3.04. The quantitative estimate of drug-likeness (QED) is 0.555. The van der Waals surface area contributed by atoms with Crippen LogP contribution in [0.5, 0.6) is 0 Å². The number of benzene rings is 1. The number of rotatable bonds is 4. The van der Waals surface area contributed by atoms with E-state index in [-0.39, 0.29) is 6.04 Å². The van der Waals surface area contributed by atoms with Crippen LogP contribution in [0.4, 0.5) is 6.01 Å². The minimum atomic E-state index is 0.211. The molecule has 8 heteroatoms. The van der Waals surface area contributed by atoms with Gasteiger partial charge in [-0.25, -0.2) is 4.98 Å². The molecule has 6 rings (SSSR count). The molecule has 4 aromatic rings. The van der Waals surface area contributed by atoms with E-state index >= 15 is 0 Å². The van der Waals surface area contributed by atoms with Gasteiger partial charge >= 0.3 is 6.01 Å². The molecule has 1 saturated heterocycles. The molecule has 0 unspecified atom stereocenters. The zero-order valence-electron chi connectivity index (χ0n) is 16.7. The van der Waals surface area contributed by atoms with Crippen LogP contribution in [-0.2, 0) is 4.74 Å². The molecule has 4 heterocycles. The third-order valence-electron chi connectivity index (χ3n) is 5.88. The Balaban J connectivity index is 1.36. The zero-order chi connectivity index (χ0) is 20.1. The summed E-state index contributed by atoms with van der Waals surface area (Å²) in [5.74, 6) is 1.08. The van der Waals surface area contributed by atoms with Gasteiger partial charge in [0.2, 0.25) is 5.89 Å². The molecule has 1 aliphatic carbocycles. The number of aromatic nitrogens is 5. The molecule has 1 N–H and O–H groups in total. The Morgan fingerprint density at radius 1 is 1.17 bits per heavy atom. The minimum Gasteiger partial charge on any atom is -0.403 e. The predicted molar refractivity (Wildman–Crippen MR) is 112 cm³/mol. The van der Waals surface area contributed by atoms with Gasteiger partial charge in [0.1, 0.15) is 0 Å². The first-order chi connectivity index (χ1) is 14.8. The number of hydrogen-bond donors (Lipinski definition) is 1. The normalized spacial score (nSPS) is 19.5. The topological polar surface area (TPSA) is 93.0 Å². The van der Waals surface area contributed by atoms with Crippen LogP contribution in [0.2, 0.25) is 0 Å². The Morgan fingerprint density at radius 3 is 2.97 bits per heavy atom. The van der Waals surface area contributed by atoms with Crippen molar-refractivity contribution in [2.75, 3.05) is 24.7 Å². The lowest BCUT2D eigenvalue weighted by Gasteiger charge is -2.31. The average molecular weight is 402 g/mol. The lowest BCUT2D eigenvalue weighted by molar-refractivity contribution is 0.0962. The Labute approximate surface area is 173 Å². The second-order valence-corrected chi connectivity index (χ2v) is 8.07. The highest BCUT2D eigenvalue weighted by molar-refractivity contribution is 5.96. The first-order valence-electron chi connectivity index (χ1n) is 10.4. The molecule has 0 bridgehead atoms. The van der Waals surface area contributed by atoms with E-state index in [0.717, 1.165) is 40.0 Å². The van der Waals surface area contributed by atoms with Gasteiger partial charge in [0.25, 0.3) is 0 Å². The van der Waals surface area contributed by atoms with Gasteiger partial charge in [-0.15, -0.1) is 5.10 Å². The lowest BCUT2D eigenvalue weighted by atomic mass is 10.1. The molecule has 1 saturated carbocycles. The molecule has 3 aromatic heterocycles. The van der Waals surface area contributed by atoms with Gasteiger partial charge in [0, 0.05) is 46.9 Å². The van der Waals surface area contributed by atoms with Crippen LogP contribution in [0.1, 0.15) is 31.4 Å². The first-order valence-corrected chi connectivity index (χ1v) is 10.4. The monoisotopic (exact) mass is 402 g/mol. The first kappa shape index (κ1) is 17.6. The van der Waals surface area contributed by atoms with Gasteiger partial charge in [-0.3, -0.25) is 4.98 Å². The van der Waals surface area contributed by atoms with E-state index in [1.54, 1.807) is 0 Å². The summed E-state index contributed by atoms with van der Waals surface area (Å²) in [7, 11) is 0. The van der Waals surface area contributed by atoms with Crippen LogP contribution in [0.3, 0.4) is 0 Å². The van der Waals surface area contributed by atoms with E-state index in [9.17, 15) is 0 Å². The van der Waals surface area contributed by atoms with E-state index in [1.807, 2.05) is 30.7 Å². The van der Waals surface area contributed by atoms with Crippen molar-refractivity contribution in [1.29, 1.82) is 0 Å². The van der Waals surface area contributed by atoms with E-state index in [0.29, 0.717) is 31.0 Å². The summed E-state index contributed by atoms with van der Waals surface area (Å²) in [6.45, 7) is 4.18. The predicted octanol–water partition coefficient (Wildman–Crippen LogP) is 3.78. The summed E-state index contributed by atoms with van der Waals surface area (Å²) in [5, 5.41) is 9.64. The molecular formula is C22H22N6O2. The van der Waals surface area contributed by atoms with E-state index in [1.165, 1.54) is 12.8 Å². The molecule has 2 aliphatic rings. The molecule has 0 spiro atoms. The van der Waals surface area contributed by atoms with Crippen molar-refractivity contribution in [3.8, 4) is 22.7 Å². The van der Waals surface area contributed by atoms with Gasteiger partial charge in [-0.05, 0) is 38.0 Å². The van der Waals surface area contributed by atoms with E-state index < -0.39 is 0 Å². The summed E-state index contributed by atoms with van der Waals surface area (Å²) in [6.07, 6.45) is 8.11. The third-order valence-corrected chi connectivity index (χ3v) is 5.88. The Morgan fingerprint density at radius 2 is 2.10 bits per heavy atom. The lowest BCUT2D eigenvalue weighted by Crippen LogP contribution is -2.43. The van der Waals surface area contributed by atoms with Gasteiger partial charge in [-0.1, -0.05) is 5.10 Å². The highest BCUT2D eigenvalue weighted by Crippen LogP contribution is 2.39. The largest absolute Gasteiger partial charge is 0.403 e. The van der Waals surface area contributed by atoms with Crippen molar-refractivity contribution in [3.05, 3.63) is 42.5 Å². The van der Waals surface area contributed by atoms with Crippen molar-refractivity contribution < 1.29 is 9.15 Å². The maximum absolute atomic E-state index is 6.02. The van der Waals surface area contributed by atoms with Crippen LogP contribution in [0.25, 0.3) is 33.6 Å². The second kappa shape index (κ2) is 6.91. The Hall–Kier alpha value is -3.26. The summed E-state index contributed by atoms with van der Waals surface area (Å²) in [6, 6.07) is 6.86. The summed E-state index contributed by atoms with van der Waals surface area (Å²) in [4.78, 5) is 14.7. The smallest absolute Gasteiger partial charge is 0.318 e. The van der Waals surface area contributed by atoms with Crippen LogP contribution in [0, 0.1) is 0 Å². The van der Waals surface area contributed by atoms with Crippen molar-refractivity contribution in [2.24, 2.45) is 0 Å². The number of nitrogens with one attached hydrogen (secondary N) is 1. The fraction of sp³-hybridized carbons (Fsp3) is 0.364. The van der Waals surface area contributed by atoms with Crippen molar-refractivity contribution in [1.82, 2.24) is 25.1 Å². The molecule has 152 valence electrons. The molecule has 1 aliphatic heterocycles. The number of ether oxygens (including phenoxy) is 1. The van der Waals surface area contributed by atoms with E-state index in [4.69, 9.17) is 14.1 Å². The molecule has 0 amide bonds. The number of anilines is 1. The molecular weight excluding hydrogens is 380 g/mol. The standard InChI is InChI=1S/C22H22N6O2/c1-13-12-29-7-6-28(13)22-27-26-21(30-22)15-4-5-18-16(8-15)17(9-24-18)20-11-23-10-19(25-20)14-2-3-14/h4-5,8-11,13-14,24H,2-3,6-7,12H2,1H3/t13-/m1/s1. The maximum atomic E-state index is 6.02. The van der Waals surface area contributed by atoms with Crippen LogP contribution in [-0.4, -0.2) is 50.9 Å². The number of morpholine rings is 1. The Kier molecular flexibility index (Phi) is 4.05. The molecule has 30 heavy (non-hydrogen) atoms. The number of hydrogen-bond acceptors (Lipinski definition) is 7. The molecule has 2 fully saturated rings. The summed E-state index contributed by atoms with van der Waals surface area (Å²) >= 11 is 0. The number of fused-ring (bicyclic) bond motifs is 1. The van der Waals surface area contributed by atoms with Crippen molar-refractivity contribution in [3.63, 3.8) is 0 Å². The number of aromatic amines is 1. The Bertz CT molecular complexity index is 1210. The van der Waals surface area contributed by atoms with Gasteiger partial charge in [0.15, 0.2) is 0 Å². The van der Waals surface area contributed by atoms with Gasteiger partial charge in [-0.2, -0.15) is 0 Å². The minimum absolute atomic E-state index is 0.211. The highest BCUT2D eigenvalue weighted by atomic mass is 16.5. The van der Waals surface area contributed by atoms with Gasteiger partial charge in [0.05, 0.1) is 36.8 Å². The molecule has 1 aromatic carbocycles. The van der Waals surface area contributed by atoms with Gasteiger partial charge < -0.3 is 19.0 Å². The SMILES string of the molecule is C[C@@H]1COCCN1c1nnc(-c2ccc3[nH]cc(-c4cncc(C5CC5)n4)c3c2)o1. The zero-order valence-corrected chi connectivity index (χ0v) is 16.7. The van der Waals surface area contributed by atoms with Crippen LogP contribution in [0.15, 0.2) is 41.2 Å². The molecule has 0 radical (unpaired) electrons. The van der Waals surface area contributed by atoms with Crippen LogP contribution >= 0.6 is 0 Å². The average Bonchev–Trinajstić information content (AvgIpc) is 3.37. The van der Waals surface area contributed by atoms with E-state index in [2.05, 4.69) is 38.1 Å². The van der Waals surface area contributed by atoms with Crippen LogP contribution < -0.4 is 4.90 Å². The maximum Gasteiger partial charge on any atom is 0.318 e.